The molecule has 19 nitrogen and oxygen atoms in total. The number of carbonyl (C=O) groups excluding carboxylic acids is 4. The van der Waals surface area contributed by atoms with E-state index in [0.29, 0.717) is 56.0 Å². The van der Waals surface area contributed by atoms with Crippen LogP contribution in [0.15, 0.2) is 166 Å². The van der Waals surface area contributed by atoms with Gasteiger partial charge in [-0.1, -0.05) is 78.9 Å². The molecule has 14 rings (SSSR count). The predicted octanol–water partition coefficient (Wildman–Crippen LogP) is 11.0. The summed E-state index contributed by atoms with van der Waals surface area (Å²) < 4.78 is 19.8. The molecule has 468 valence electrons. The lowest BCUT2D eigenvalue weighted by Gasteiger charge is -2.56. The number of thioether (sulfide) groups is 4. The molecule has 0 saturated carbocycles. The van der Waals surface area contributed by atoms with Gasteiger partial charge in [-0.15, -0.1) is 69.7 Å². The third-order valence-corrected chi connectivity index (χ3v) is 23.9. The van der Waals surface area contributed by atoms with Gasteiger partial charge in [0.25, 0.3) is 5.91 Å². The molecule has 8 aromatic rings. The topological polar surface area (TPSA) is 265 Å². The fourth-order valence-corrected chi connectivity index (χ4v) is 19.1. The fraction of sp³-hybridized carbons (Fsp3) is 0.269. The summed E-state index contributed by atoms with van der Waals surface area (Å²) in [5.41, 5.74) is 2.95. The number of ether oxygens (including phenoxy) is 3. The molecule has 6 aliphatic heterocycles. The molecule has 2 amide bonds. The van der Waals surface area contributed by atoms with Crippen LogP contribution < -0.4 is 9.47 Å². The molecular weight excluding hydrogens is 1290 g/mol. The van der Waals surface area contributed by atoms with Crippen LogP contribution in [-0.4, -0.2) is 158 Å². The zero-order valence-corrected chi connectivity index (χ0v) is 54.1. The van der Waals surface area contributed by atoms with E-state index >= 15 is 0 Å². The number of aromatic nitrogens is 2. The lowest BCUT2D eigenvalue weighted by molar-refractivity contribution is -0.186. The Balaban J connectivity index is 0.000000168. The second-order valence-corrected chi connectivity index (χ2v) is 28.7. The Labute approximate surface area is 551 Å². The smallest absolute Gasteiger partial charge is 0.352 e. The Kier molecular flexibility index (Phi) is 18.0. The molecule has 2 saturated heterocycles. The largest absolute Gasteiger partial charge is 0.490 e. The molecule has 2 aromatic heterocycles. The maximum Gasteiger partial charge on any atom is 0.352 e. The van der Waals surface area contributed by atoms with Crippen molar-refractivity contribution in [1.29, 1.82) is 0 Å². The summed E-state index contributed by atoms with van der Waals surface area (Å²) in [6.07, 6.45) is 3.82. The minimum Gasteiger partial charge on any atom is -0.490 e. The number of hydrogen-bond acceptors (Lipinski definition) is 20. The van der Waals surface area contributed by atoms with Gasteiger partial charge in [0.15, 0.2) is 11.6 Å². The first-order valence-corrected chi connectivity index (χ1v) is 35.0. The van der Waals surface area contributed by atoms with Gasteiger partial charge in [0.05, 0.1) is 37.8 Å². The number of aliphatic carboxylic acids is 3. The molecule has 0 spiro atoms. The highest BCUT2D eigenvalue weighted by molar-refractivity contribution is 8.15. The Hall–Kier alpha value is -8.17. The second-order valence-electron chi connectivity index (χ2n) is 22.5. The maximum atomic E-state index is 13.5. The van der Waals surface area contributed by atoms with Crippen LogP contribution in [0.25, 0.3) is 42.0 Å². The number of methoxy groups -OCH3 is 1. The average molecular weight is 1350 g/mol. The number of benzene rings is 6. The van der Waals surface area contributed by atoms with Gasteiger partial charge in [-0.2, -0.15) is 0 Å². The highest BCUT2D eigenvalue weighted by Gasteiger charge is 2.66. The summed E-state index contributed by atoms with van der Waals surface area (Å²) in [5.74, 6) is -1.55. The molecule has 6 aromatic carbocycles. The second kappa shape index (κ2) is 26.4. The number of nitrogens with zero attached hydrogens (tertiary/aromatic N) is 6. The standard InChI is InChI=1S/C34H27N3O7S3.C33H29N3O6S3/c38-21(13-18-5-2-1-3-6-18)15-24-31(39)37-27(34(42)43)20(16-46-32(24)37)7-4-12-44-22-9-10-23-19(14-22)8-11-25-28(23)47-30(35-25)29-36-26(17-45-29)33(40)41;1-18-16-43-28(34-18)29-35-25-11-8-20-13-23(9-10-24(20)27(25)45-29)42-15-21-17-44-32-33(41-2,31(40)36(32)26(21)30(38)39)14-22(37)12-19-6-4-3-5-7-19/h1-11,14,24,26,32H,12-13,15-17H2,(H,40,41)(H,42,43);3-11,13,18,32H,12,14-17H2,1-2H3,(H,38,39)/b7-4+;/t;18?,32?,33-/m.0/s1. The van der Waals surface area contributed by atoms with E-state index in [2.05, 4.69) is 16.9 Å². The number of allylic oxidation sites excluding steroid dienone is 1. The van der Waals surface area contributed by atoms with Gasteiger partial charge in [0.2, 0.25) is 5.91 Å². The van der Waals surface area contributed by atoms with Crippen molar-refractivity contribution in [3.63, 3.8) is 0 Å². The number of fused-ring (bicyclic) bond motifs is 8. The summed E-state index contributed by atoms with van der Waals surface area (Å²) in [6.45, 7) is 2.30. The van der Waals surface area contributed by atoms with E-state index < -0.39 is 46.7 Å². The van der Waals surface area contributed by atoms with Gasteiger partial charge in [0.1, 0.15) is 73.1 Å². The summed E-state index contributed by atoms with van der Waals surface area (Å²) in [4.78, 5) is 109. The number of ketones is 2. The number of thiazole rings is 2. The van der Waals surface area contributed by atoms with Crippen LogP contribution in [0.2, 0.25) is 0 Å². The summed E-state index contributed by atoms with van der Waals surface area (Å²) >= 11 is 9.12. The normalized spacial score (nSPS) is 21.8. The van der Waals surface area contributed by atoms with Crippen molar-refractivity contribution in [3.05, 3.63) is 177 Å². The molecule has 6 aliphatic rings. The highest BCUT2D eigenvalue weighted by atomic mass is 32.2. The Morgan fingerprint density at radius 1 is 0.674 bits per heavy atom. The van der Waals surface area contributed by atoms with Crippen molar-refractivity contribution in [2.75, 3.05) is 43.3 Å². The van der Waals surface area contributed by atoms with Gasteiger partial charge in [-0.25, -0.2) is 24.4 Å². The van der Waals surface area contributed by atoms with Crippen LogP contribution >= 0.6 is 69.7 Å². The van der Waals surface area contributed by atoms with Crippen LogP contribution in [0.4, 0.5) is 0 Å². The number of carboxylic acid groups (broad SMARTS) is 3. The first-order chi connectivity index (χ1) is 44.5. The molecule has 2 fully saturated rings. The molecule has 0 bridgehead atoms. The van der Waals surface area contributed by atoms with E-state index in [-0.39, 0.29) is 73.1 Å². The quantitative estimate of drug-likeness (QED) is 0.0564. The number of hydrogen-bond donors (Lipinski definition) is 3. The van der Waals surface area contributed by atoms with E-state index in [0.717, 1.165) is 68.9 Å². The summed E-state index contributed by atoms with van der Waals surface area (Å²) in [6, 6.07) is 37.6. The SMILES string of the molecule is CO[C@@]1(CC(=O)Cc2ccccc2)C(=O)N2C(C(=O)O)=C(COc3ccc4c(ccc5nc(C6=NC(C)CS6)sc54)c3)CSC21.O=C(Cc1ccccc1)CC1C(=O)N2C(C(=O)O)=C(/C=C/COc3ccc4c(ccc5nc(C6=NC(C(=O)O)CS6)sc54)c3)CSC12. The van der Waals surface area contributed by atoms with Crippen molar-refractivity contribution in [2.45, 2.75) is 61.0 Å². The highest BCUT2D eigenvalue weighted by Crippen LogP contribution is 2.50. The van der Waals surface area contributed by atoms with Crippen molar-refractivity contribution >= 4 is 163 Å². The molecule has 6 atom stereocenters. The predicted molar refractivity (Wildman–Crippen MR) is 362 cm³/mol. The van der Waals surface area contributed by atoms with Crippen molar-refractivity contribution in [2.24, 2.45) is 15.9 Å². The maximum absolute atomic E-state index is 13.5. The lowest BCUT2D eigenvalue weighted by Crippen LogP contribution is -2.75. The third-order valence-electron chi connectivity index (χ3n) is 16.3. The van der Waals surface area contributed by atoms with E-state index in [4.69, 9.17) is 24.2 Å². The van der Waals surface area contributed by atoms with E-state index in [1.54, 1.807) is 35.3 Å². The summed E-state index contributed by atoms with van der Waals surface area (Å²) in [7, 11) is 1.40. The Morgan fingerprint density at radius 3 is 1.85 bits per heavy atom. The van der Waals surface area contributed by atoms with Gasteiger partial charge < -0.3 is 29.5 Å². The Bertz CT molecular complexity index is 4530. The third kappa shape index (κ3) is 12.4. The molecule has 0 radical (unpaired) electrons. The number of carbonyl (C=O) groups is 7. The first kappa shape index (κ1) is 62.6. The molecule has 3 N–H and O–H groups in total. The number of carboxylic acids is 3. The Morgan fingerprint density at radius 2 is 1.27 bits per heavy atom. The number of β-lactam (4-membered cyclic amide) rings is 2. The van der Waals surface area contributed by atoms with E-state index in [1.807, 2.05) is 121 Å². The minimum atomic E-state index is -1.40. The van der Waals surface area contributed by atoms with Crippen LogP contribution in [-0.2, 0) is 51.1 Å². The number of rotatable bonds is 21. The monoisotopic (exact) mass is 1340 g/mol. The molecule has 25 heteroatoms. The number of amides is 2. The zero-order valence-electron chi connectivity index (χ0n) is 49.2. The first-order valence-electron chi connectivity index (χ1n) is 29.3. The van der Waals surface area contributed by atoms with Crippen LogP contribution in [0.3, 0.4) is 0 Å². The molecular formula is C67H56N6O13S6. The van der Waals surface area contributed by atoms with E-state index in [9.17, 15) is 48.9 Å². The number of Topliss-reactive ketones (excluding diaryl/α,β-unsaturated/α-hetero) is 2. The molecule has 5 unspecified atom stereocenters. The van der Waals surface area contributed by atoms with E-state index in [1.165, 1.54) is 63.5 Å². The molecule has 92 heavy (non-hydrogen) atoms. The minimum absolute atomic E-state index is 0.00570. The van der Waals surface area contributed by atoms with Gasteiger partial charge in [0, 0.05) is 72.2 Å². The fourth-order valence-electron chi connectivity index (χ4n) is 11.9. The van der Waals surface area contributed by atoms with Gasteiger partial charge >= 0.3 is 17.9 Å². The van der Waals surface area contributed by atoms with Gasteiger partial charge in [-0.05, 0) is 89.0 Å². The average Bonchev–Trinajstić information content (AvgIpc) is 0.954. The van der Waals surface area contributed by atoms with Crippen molar-refractivity contribution in [1.82, 2.24) is 19.8 Å². The number of aliphatic imine (C=N–C) groups is 2. The van der Waals surface area contributed by atoms with Crippen molar-refractivity contribution in [3.8, 4) is 11.5 Å². The van der Waals surface area contributed by atoms with Crippen molar-refractivity contribution < 1.29 is 63.1 Å². The van der Waals surface area contributed by atoms with Crippen LogP contribution in [0.1, 0.15) is 40.9 Å². The van der Waals surface area contributed by atoms with Gasteiger partial charge in [-0.3, -0.25) is 39.0 Å². The molecule has 8 heterocycles. The lowest BCUT2D eigenvalue weighted by atomic mass is 9.84. The van der Waals surface area contributed by atoms with Crippen LogP contribution in [0, 0.1) is 5.92 Å². The zero-order chi connectivity index (χ0) is 63.9. The molecule has 0 aliphatic carbocycles. The van der Waals surface area contributed by atoms with Crippen LogP contribution in [0.5, 0.6) is 11.5 Å². The summed E-state index contributed by atoms with van der Waals surface area (Å²) in [5, 5.41) is 35.7.